The largest absolute Gasteiger partial charge is 0.491 e. The molecule has 1 fully saturated rings. The summed E-state index contributed by atoms with van der Waals surface area (Å²) in [5.74, 6) is 2.44. The molecule has 1 saturated heterocycles. The number of fused-ring (bicyclic) bond motifs is 1. The molecule has 0 bridgehead atoms. The van der Waals surface area contributed by atoms with Crippen molar-refractivity contribution in [2.75, 3.05) is 26.3 Å². The standard InChI is InChI=1S/C28H32N2O4/c1-20-8-10-27(34-20)22-5-4-6-23(16-22)28(32)30-13-14-33-26-11-9-21(15-24(26)18-30)17-29-12-3-2-7-25(29)19-31/h4-6,8-11,15-16,25,31H,2-3,7,12-14,17-19H2,1H3/t25-/m1/s1. The lowest BCUT2D eigenvalue weighted by atomic mass is 10.0. The fourth-order valence-electron chi connectivity index (χ4n) is 5.01. The number of likely N-dealkylation sites (tertiary alicyclic amines) is 1. The molecule has 178 valence electrons. The van der Waals surface area contributed by atoms with E-state index in [0.29, 0.717) is 25.3 Å². The van der Waals surface area contributed by atoms with Crippen molar-refractivity contribution < 1.29 is 19.1 Å². The number of hydrogen-bond donors (Lipinski definition) is 1. The van der Waals surface area contributed by atoms with Crippen molar-refractivity contribution in [2.24, 2.45) is 0 Å². The highest BCUT2D eigenvalue weighted by Crippen LogP contribution is 2.28. The number of hydrogen-bond acceptors (Lipinski definition) is 5. The molecular weight excluding hydrogens is 428 g/mol. The molecule has 0 saturated carbocycles. The Morgan fingerprint density at radius 1 is 1.09 bits per heavy atom. The van der Waals surface area contributed by atoms with E-state index in [2.05, 4.69) is 17.0 Å². The molecule has 0 aliphatic carbocycles. The average Bonchev–Trinajstić information content (AvgIpc) is 3.19. The third-order valence-corrected chi connectivity index (χ3v) is 6.87. The van der Waals surface area contributed by atoms with E-state index in [9.17, 15) is 9.90 Å². The maximum Gasteiger partial charge on any atom is 0.254 e. The van der Waals surface area contributed by atoms with E-state index in [1.807, 2.05) is 54.3 Å². The third-order valence-electron chi connectivity index (χ3n) is 6.87. The molecule has 0 radical (unpaired) electrons. The van der Waals surface area contributed by atoms with Crippen LogP contribution in [0.5, 0.6) is 5.75 Å². The predicted octanol–water partition coefficient (Wildman–Crippen LogP) is 4.64. The number of ether oxygens (including phenoxy) is 1. The van der Waals surface area contributed by atoms with Crippen molar-refractivity contribution in [3.05, 3.63) is 77.0 Å². The topological polar surface area (TPSA) is 66.2 Å². The summed E-state index contributed by atoms with van der Waals surface area (Å²) in [5, 5.41) is 9.75. The Kier molecular flexibility index (Phi) is 6.70. The summed E-state index contributed by atoms with van der Waals surface area (Å²) in [6.07, 6.45) is 3.39. The second kappa shape index (κ2) is 10.0. The second-order valence-electron chi connectivity index (χ2n) is 9.31. The first-order chi connectivity index (χ1) is 16.6. The minimum Gasteiger partial charge on any atom is -0.491 e. The van der Waals surface area contributed by atoms with E-state index >= 15 is 0 Å². The molecule has 34 heavy (non-hydrogen) atoms. The van der Waals surface area contributed by atoms with Crippen molar-refractivity contribution in [1.29, 1.82) is 0 Å². The number of carbonyl (C=O) groups is 1. The third kappa shape index (κ3) is 4.88. The number of aliphatic hydroxyl groups excluding tert-OH is 1. The number of amides is 1. The Morgan fingerprint density at radius 2 is 2.00 bits per heavy atom. The highest BCUT2D eigenvalue weighted by atomic mass is 16.5. The normalized spacial score (nSPS) is 18.8. The molecule has 5 rings (SSSR count). The van der Waals surface area contributed by atoms with Crippen LogP contribution in [0.3, 0.4) is 0 Å². The van der Waals surface area contributed by atoms with Gasteiger partial charge in [-0.05, 0) is 68.3 Å². The van der Waals surface area contributed by atoms with Crippen molar-refractivity contribution in [3.8, 4) is 17.1 Å². The molecule has 3 aromatic rings. The fourth-order valence-corrected chi connectivity index (χ4v) is 5.01. The van der Waals surface area contributed by atoms with Crippen LogP contribution in [-0.4, -0.2) is 53.2 Å². The molecule has 6 nitrogen and oxygen atoms in total. The van der Waals surface area contributed by atoms with Crippen LogP contribution in [0.2, 0.25) is 0 Å². The Labute approximate surface area is 200 Å². The van der Waals surface area contributed by atoms with Crippen molar-refractivity contribution >= 4 is 5.91 Å². The molecule has 1 amide bonds. The second-order valence-corrected chi connectivity index (χ2v) is 9.31. The van der Waals surface area contributed by atoms with Crippen LogP contribution in [0.4, 0.5) is 0 Å². The highest BCUT2D eigenvalue weighted by Gasteiger charge is 2.24. The van der Waals surface area contributed by atoms with Gasteiger partial charge in [0.05, 0.1) is 13.2 Å². The lowest BCUT2D eigenvalue weighted by Crippen LogP contribution is -2.41. The summed E-state index contributed by atoms with van der Waals surface area (Å²) in [6, 6.07) is 18.0. The van der Waals surface area contributed by atoms with Gasteiger partial charge in [0, 0.05) is 35.8 Å². The van der Waals surface area contributed by atoms with Gasteiger partial charge >= 0.3 is 0 Å². The quantitative estimate of drug-likeness (QED) is 0.601. The van der Waals surface area contributed by atoms with Crippen LogP contribution >= 0.6 is 0 Å². The Morgan fingerprint density at radius 3 is 2.82 bits per heavy atom. The minimum atomic E-state index is -0.0108. The molecule has 3 heterocycles. The smallest absolute Gasteiger partial charge is 0.254 e. The summed E-state index contributed by atoms with van der Waals surface area (Å²) < 4.78 is 11.7. The lowest BCUT2D eigenvalue weighted by molar-refractivity contribution is 0.0733. The van der Waals surface area contributed by atoms with Gasteiger partial charge in [0.2, 0.25) is 0 Å². The molecule has 6 heteroatoms. The predicted molar refractivity (Wildman–Crippen MR) is 131 cm³/mol. The van der Waals surface area contributed by atoms with Gasteiger partial charge < -0.3 is 19.2 Å². The van der Waals surface area contributed by atoms with Crippen LogP contribution in [0, 0.1) is 6.92 Å². The summed E-state index contributed by atoms with van der Waals surface area (Å²) in [6.45, 7) is 5.44. The van der Waals surface area contributed by atoms with E-state index in [4.69, 9.17) is 9.15 Å². The molecule has 2 aliphatic heterocycles. The first kappa shape index (κ1) is 22.7. The van der Waals surface area contributed by atoms with E-state index in [0.717, 1.165) is 47.9 Å². The summed E-state index contributed by atoms with van der Waals surface area (Å²) in [4.78, 5) is 17.7. The number of aliphatic hydroxyl groups is 1. The van der Waals surface area contributed by atoms with Gasteiger partial charge in [0.25, 0.3) is 5.91 Å². The maximum absolute atomic E-state index is 13.4. The van der Waals surface area contributed by atoms with Crippen molar-refractivity contribution in [1.82, 2.24) is 9.80 Å². The Bertz CT molecular complexity index is 1150. The van der Waals surface area contributed by atoms with Crippen molar-refractivity contribution in [2.45, 2.75) is 45.3 Å². The Hall–Kier alpha value is -3.09. The van der Waals surface area contributed by atoms with Gasteiger partial charge in [-0.2, -0.15) is 0 Å². The van der Waals surface area contributed by atoms with Crippen LogP contribution in [-0.2, 0) is 13.1 Å². The van der Waals surface area contributed by atoms with E-state index in [1.54, 1.807) is 0 Å². The minimum absolute atomic E-state index is 0.0108. The zero-order chi connectivity index (χ0) is 23.5. The van der Waals surface area contributed by atoms with Gasteiger partial charge in [0.1, 0.15) is 23.9 Å². The van der Waals surface area contributed by atoms with Crippen LogP contribution in [0.15, 0.2) is 59.0 Å². The first-order valence-corrected chi connectivity index (χ1v) is 12.2. The Balaban J connectivity index is 1.34. The molecule has 0 spiro atoms. The van der Waals surface area contributed by atoms with E-state index in [-0.39, 0.29) is 18.6 Å². The first-order valence-electron chi connectivity index (χ1n) is 12.2. The van der Waals surface area contributed by atoms with Gasteiger partial charge in [-0.25, -0.2) is 0 Å². The molecular formula is C28H32N2O4. The number of furan rings is 1. The SMILES string of the molecule is Cc1ccc(-c2cccc(C(=O)N3CCOc4ccc(CN5CCCC[C@@H]5CO)cc4C3)c2)o1. The van der Waals surface area contributed by atoms with Crippen LogP contribution in [0.25, 0.3) is 11.3 Å². The molecule has 1 aromatic heterocycles. The number of benzene rings is 2. The zero-order valence-corrected chi connectivity index (χ0v) is 19.7. The summed E-state index contributed by atoms with van der Waals surface area (Å²) >= 11 is 0. The van der Waals surface area contributed by atoms with Gasteiger partial charge in [-0.15, -0.1) is 0 Å². The zero-order valence-electron chi connectivity index (χ0n) is 19.7. The molecule has 1 atom stereocenters. The molecule has 1 N–H and O–H groups in total. The monoisotopic (exact) mass is 460 g/mol. The fraction of sp³-hybridized carbons (Fsp3) is 0.393. The van der Waals surface area contributed by atoms with Gasteiger partial charge in [-0.3, -0.25) is 9.69 Å². The number of piperidine rings is 1. The number of aryl methyl sites for hydroxylation is 1. The molecule has 2 aromatic carbocycles. The van der Waals surface area contributed by atoms with Gasteiger partial charge in [0.15, 0.2) is 0 Å². The lowest BCUT2D eigenvalue weighted by Gasteiger charge is -2.34. The summed E-state index contributed by atoms with van der Waals surface area (Å²) in [5.41, 5.74) is 3.75. The highest BCUT2D eigenvalue weighted by molar-refractivity contribution is 5.95. The van der Waals surface area contributed by atoms with Gasteiger partial charge in [-0.1, -0.05) is 24.6 Å². The van der Waals surface area contributed by atoms with E-state index < -0.39 is 0 Å². The van der Waals surface area contributed by atoms with E-state index in [1.165, 1.54) is 18.4 Å². The van der Waals surface area contributed by atoms with Crippen LogP contribution in [0.1, 0.15) is 46.5 Å². The number of nitrogens with zero attached hydrogens (tertiary/aromatic N) is 2. The summed E-state index contributed by atoms with van der Waals surface area (Å²) in [7, 11) is 0. The molecule has 0 unspecified atom stereocenters. The number of rotatable bonds is 5. The average molecular weight is 461 g/mol. The molecule has 2 aliphatic rings. The number of carbonyl (C=O) groups excluding carboxylic acids is 1. The van der Waals surface area contributed by atoms with Crippen molar-refractivity contribution in [3.63, 3.8) is 0 Å². The maximum atomic E-state index is 13.4. The van der Waals surface area contributed by atoms with Crippen LogP contribution < -0.4 is 4.74 Å².